The molecule has 6 heteroatoms. The van der Waals surface area contributed by atoms with Crippen molar-refractivity contribution in [3.8, 4) is 0 Å². The van der Waals surface area contributed by atoms with E-state index in [2.05, 4.69) is 10.6 Å². The first-order valence-electron chi connectivity index (χ1n) is 5.79. The molecule has 2 N–H and O–H groups in total. The molecule has 5 nitrogen and oxygen atoms in total. The number of hydrogen-bond donors (Lipinski definition) is 2. The summed E-state index contributed by atoms with van der Waals surface area (Å²) in [6.45, 7) is 1.44. The van der Waals surface area contributed by atoms with E-state index in [4.69, 9.17) is 0 Å². The molecule has 0 heterocycles. The van der Waals surface area contributed by atoms with Crippen LogP contribution < -0.4 is 10.6 Å². The average Bonchev–Trinajstić information content (AvgIpc) is 2.36. The highest BCUT2D eigenvalue weighted by atomic mass is 19.1. The van der Waals surface area contributed by atoms with Gasteiger partial charge in [-0.05, 0) is 24.3 Å². The molecule has 0 atom stereocenters. The Hall–Kier alpha value is -2.24. The quantitative estimate of drug-likeness (QED) is 0.742. The zero-order valence-electron chi connectivity index (χ0n) is 10.5. The number of carbonyl (C=O) groups excluding carboxylic acids is 3. The first kappa shape index (κ1) is 14.8. The fourth-order valence-electron chi connectivity index (χ4n) is 1.36. The van der Waals surface area contributed by atoms with Gasteiger partial charge in [0, 0.05) is 25.5 Å². The summed E-state index contributed by atoms with van der Waals surface area (Å²) in [6.07, 6.45) is 0.107. The van der Waals surface area contributed by atoms with E-state index < -0.39 is 5.82 Å². The fraction of sp³-hybridized carbons (Fsp3) is 0.308. The largest absolute Gasteiger partial charge is 0.356 e. The van der Waals surface area contributed by atoms with Crippen molar-refractivity contribution in [1.82, 2.24) is 10.6 Å². The second kappa shape index (κ2) is 7.25. The second-order valence-electron chi connectivity index (χ2n) is 3.94. The van der Waals surface area contributed by atoms with E-state index in [9.17, 15) is 18.8 Å². The summed E-state index contributed by atoms with van der Waals surface area (Å²) < 4.78 is 12.7. The normalized spacial score (nSPS) is 9.79. The molecular formula is C13H15FN2O3. The number of rotatable bonds is 6. The van der Waals surface area contributed by atoms with Crippen LogP contribution in [0.2, 0.25) is 0 Å². The molecule has 19 heavy (non-hydrogen) atoms. The molecule has 0 spiro atoms. The molecule has 1 aromatic rings. The average molecular weight is 266 g/mol. The maximum atomic E-state index is 12.7. The van der Waals surface area contributed by atoms with Crippen molar-refractivity contribution in [2.24, 2.45) is 0 Å². The molecule has 0 unspecified atom stereocenters. The SMILES string of the molecule is CC(=O)NCCC(=O)NCC(=O)c1ccc(F)cc1. The number of halogens is 1. The standard InChI is InChI=1S/C13H15FN2O3/c1-9(17)15-7-6-13(19)16-8-12(18)10-2-4-11(14)5-3-10/h2-5H,6-8H2,1H3,(H,15,17)(H,16,19). The predicted octanol–water partition coefficient (Wildman–Crippen LogP) is 0.651. The minimum Gasteiger partial charge on any atom is -0.356 e. The molecule has 0 aliphatic rings. The van der Waals surface area contributed by atoms with Crippen molar-refractivity contribution in [2.75, 3.05) is 13.1 Å². The van der Waals surface area contributed by atoms with Crippen molar-refractivity contribution >= 4 is 17.6 Å². The Morgan fingerprint density at radius 3 is 2.32 bits per heavy atom. The van der Waals surface area contributed by atoms with Crippen LogP contribution in [0.5, 0.6) is 0 Å². The van der Waals surface area contributed by atoms with Crippen molar-refractivity contribution in [2.45, 2.75) is 13.3 Å². The van der Waals surface area contributed by atoms with Gasteiger partial charge in [-0.3, -0.25) is 14.4 Å². The van der Waals surface area contributed by atoms with Crippen LogP contribution in [0.1, 0.15) is 23.7 Å². The highest BCUT2D eigenvalue weighted by Gasteiger charge is 2.08. The molecule has 0 saturated carbocycles. The van der Waals surface area contributed by atoms with Gasteiger partial charge in [-0.25, -0.2) is 4.39 Å². The Kier molecular flexibility index (Phi) is 5.66. The van der Waals surface area contributed by atoms with Gasteiger partial charge in [0.05, 0.1) is 6.54 Å². The Morgan fingerprint density at radius 1 is 1.11 bits per heavy atom. The number of carbonyl (C=O) groups is 3. The van der Waals surface area contributed by atoms with E-state index in [-0.39, 0.29) is 37.1 Å². The summed E-state index contributed by atoms with van der Waals surface area (Å²) in [5.74, 6) is -1.26. The van der Waals surface area contributed by atoms with E-state index in [1.54, 1.807) is 0 Å². The van der Waals surface area contributed by atoms with Gasteiger partial charge in [0.25, 0.3) is 0 Å². The molecule has 1 aromatic carbocycles. The van der Waals surface area contributed by atoms with Gasteiger partial charge in [0.1, 0.15) is 5.82 Å². The summed E-state index contributed by atoms with van der Waals surface area (Å²) in [5, 5.41) is 4.91. The lowest BCUT2D eigenvalue weighted by atomic mass is 10.1. The van der Waals surface area contributed by atoms with Crippen molar-refractivity contribution < 1.29 is 18.8 Å². The van der Waals surface area contributed by atoms with E-state index in [0.717, 1.165) is 0 Å². The summed E-state index contributed by atoms with van der Waals surface area (Å²) in [6, 6.07) is 5.10. The molecule has 0 radical (unpaired) electrons. The highest BCUT2D eigenvalue weighted by Crippen LogP contribution is 2.03. The molecule has 1 rings (SSSR count). The Bertz CT molecular complexity index is 471. The van der Waals surface area contributed by atoms with Crippen LogP contribution in [0.15, 0.2) is 24.3 Å². The summed E-state index contributed by atoms with van der Waals surface area (Å²) in [5.41, 5.74) is 0.337. The van der Waals surface area contributed by atoms with E-state index in [1.807, 2.05) is 0 Å². The van der Waals surface area contributed by atoms with Crippen molar-refractivity contribution in [3.05, 3.63) is 35.6 Å². The molecule has 0 fully saturated rings. The number of nitrogens with one attached hydrogen (secondary N) is 2. The lowest BCUT2D eigenvalue weighted by Crippen LogP contribution is -2.32. The van der Waals surface area contributed by atoms with E-state index in [0.29, 0.717) is 5.56 Å². The number of amides is 2. The van der Waals surface area contributed by atoms with Crippen LogP contribution in [0.25, 0.3) is 0 Å². The van der Waals surface area contributed by atoms with E-state index in [1.165, 1.54) is 31.2 Å². The van der Waals surface area contributed by atoms with Gasteiger partial charge in [0.15, 0.2) is 5.78 Å². The van der Waals surface area contributed by atoms with Crippen LogP contribution in [0.4, 0.5) is 4.39 Å². The zero-order valence-corrected chi connectivity index (χ0v) is 10.5. The van der Waals surface area contributed by atoms with Gasteiger partial charge in [-0.15, -0.1) is 0 Å². The summed E-state index contributed by atoms with van der Waals surface area (Å²) in [7, 11) is 0. The first-order chi connectivity index (χ1) is 8.99. The van der Waals surface area contributed by atoms with Gasteiger partial charge in [-0.1, -0.05) is 0 Å². The van der Waals surface area contributed by atoms with Crippen molar-refractivity contribution in [1.29, 1.82) is 0 Å². The molecule has 0 aliphatic heterocycles. The smallest absolute Gasteiger partial charge is 0.222 e. The minimum absolute atomic E-state index is 0.107. The van der Waals surface area contributed by atoms with E-state index >= 15 is 0 Å². The Balaban J connectivity index is 2.31. The van der Waals surface area contributed by atoms with Crippen LogP contribution in [-0.2, 0) is 9.59 Å². The lowest BCUT2D eigenvalue weighted by molar-refractivity contribution is -0.121. The maximum absolute atomic E-state index is 12.7. The van der Waals surface area contributed by atoms with Crippen LogP contribution in [0.3, 0.4) is 0 Å². The molecule has 0 aliphatic carbocycles. The zero-order chi connectivity index (χ0) is 14.3. The summed E-state index contributed by atoms with van der Waals surface area (Å²) in [4.78, 5) is 33.6. The van der Waals surface area contributed by atoms with Crippen molar-refractivity contribution in [3.63, 3.8) is 0 Å². The monoisotopic (exact) mass is 266 g/mol. The topological polar surface area (TPSA) is 75.3 Å². The number of hydrogen-bond acceptors (Lipinski definition) is 3. The van der Waals surface area contributed by atoms with Crippen LogP contribution in [0, 0.1) is 5.82 Å². The third-order valence-corrected chi connectivity index (χ3v) is 2.34. The minimum atomic E-state index is -0.420. The highest BCUT2D eigenvalue weighted by molar-refractivity contribution is 5.99. The molecular weight excluding hydrogens is 251 g/mol. The number of ketones is 1. The number of Topliss-reactive ketones (excluding diaryl/α,β-unsaturated/α-hetero) is 1. The van der Waals surface area contributed by atoms with Gasteiger partial charge in [0.2, 0.25) is 11.8 Å². The Labute approximate surface area is 110 Å². The molecule has 0 saturated heterocycles. The lowest BCUT2D eigenvalue weighted by Gasteiger charge is -2.05. The third-order valence-electron chi connectivity index (χ3n) is 2.34. The molecule has 0 bridgehead atoms. The van der Waals surface area contributed by atoms with Gasteiger partial charge >= 0.3 is 0 Å². The first-order valence-corrected chi connectivity index (χ1v) is 5.79. The molecule has 2 amide bonds. The molecule has 102 valence electrons. The van der Waals surface area contributed by atoms with Gasteiger partial charge < -0.3 is 10.6 Å². The maximum Gasteiger partial charge on any atom is 0.222 e. The van der Waals surface area contributed by atoms with Crippen LogP contribution >= 0.6 is 0 Å². The summed E-state index contributed by atoms with van der Waals surface area (Å²) >= 11 is 0. The predicted molar refractivity (Wildman–Crippen MR) is 67.0 cm³/mol. The third kappa shape index (κ3) is 5.76. The van der Waals surface area contributed by atoms with Crippen LogP contribution in [-0.4, -0.2) is 30.7 Å². The fourth-order valence-corrected chi connectivity index (χ4v) is 1.36. The van der Waals surface area contributed by atoms with Gasteiger partial charge in [-0.2, -0.15) is 0 Å². The molecule has 0 aromatic heterocycles. The Morgan fingerprint density at radius 2 is 1.74 bits per heavy atom. The number of benzene rings is 1. The second-order valence-corrected chi connectivity index (χ2v) is 3.94.